The minimum atomic E-state index is -0.251. The number of para-hydroxylation sites is 1. The maximum atomic E-state index is 14.2. The molecule has 2 aromatic carbocycles. The fourth-order valence-electron chi connectivity index (χ4n) is 3.08. The van der Waals surface area contributed by atoms with Crippen LogP contribution >= 0.6 is 0 Å². The fraction of sp³-hybridized carbons (Fsp3) is 0.278. The van der Waals surface area contributed by atoms with Gasteiger partial charge in [0.2, 0.25) is 0 Å². The van der Waals surface area contributed by atoms with E-state index in [1.165, 1.54) is 6.07 Å². The van der Waals surface area contributed by atoms with E-state index in [-0.39, 0.29) is 11.9 Å². The van der Waals surface area contributed by atoms with Gasteiger partial charge in [-0.1, -0.05) is 24.3 Å². The average molecular weight is 339 g/mol. The fourth-order valence-corrected chi connectivity index (χ4v) is 3.08. The molecule has 0 saturated heterocycles. The van der Waals surface area contributed by atoms with Crippen LogP contribution in [0.3, 0.4) is 0 Å². The Morgan fingerprint density at radius 3 is 2.80 bits per heavy atom. The molecule has 2 heterocycles. The first-order valence-corrected chi connectivity index (χ1v) is 8.22. The Morgan fingerprint density at radius 1 is 1.12 bits per heavy atom. The third-order valence-electron chi connectivity index (χ3n) is 4.49. The summed E-state index contributed by atoms with van der Waals surface area (Å²) in [6, 6.07) is 14.6. The van der Waals surface area contributed by atoms with E-state index in [9.17, 15) is 4.39 Å². The van der Waals surface area contributed by atoms with Crippen molar-refractivity contribution in [3.8, 4) is 11.4 Å². The van der Waals surface area contributed by atoms with Crippen LogP contribution in [0.1, 0.15) is 24.4 Å². The van der Waals surface area contributed by atoms with Crippen molar-refractivity contribution in [3.63, 3.8) is 0 Å². The number of benzene rings is 2. The second-order valence-corrected chi connectivity index (χ2v) is 6.00. The van der Waals surface area contributed by atoms with Crippen LogP contribution in [0.2, 0.25) is 0 Å². The summed E-state index contributed by atoms with van der Waals surface area (Å²) < 4.78 is 21.6. The molecule has 1 unspecified atom stereocenters. The van der Waals surface area contributed by atoms with Gasteiger partial charge in [0.05, 0.1) is 11.7 Å². The van der Waals surface area contributed by atoms with E-state index in [2.05, 4.69) is 20.4 Å². The van der Waals surface area contributed by atoms with Gasteiger partial charge in [-0.2, -0.15) is 4.68 Å². The third-order valence-corrected chi connectivity index (χ3v) is 4.49. The Hall–Kier alpha value is -2.80. The molecule has 0 N–H and O–H groups in total. The molecule has 1 aliphatic rings. The molecule has 0 spiro atoms. The predicted octanol–water partition coefficient (Wildman–Crippen LogP) is 2.76. The average Bonchev–Trinajstić information content (AvgIpc) is 3.02. The smallest absolute Gasteiger partial charge is 0.173 e. The quantitative estimate of drug-likeness (QED) is 0.734. The normalized spacial score (nSPS) is 15.9. The van der Waals surface area contributed by atoms with E-state index < -0.39 is 0 Å². The standard InChI is InChI=1S/C18H18FN5O/c1-13(18-20-21-22-24(18)14-6-3-2-4-7-14)23-10-11-25-17-9-5-8-16(19)15(17)12-23/h2-9,13H,10-12H2,1H3. The van der Waals surface area contributed by atoms with Crippen LogP contribution in [0.4, 0.5) is 4.39 Å². The molecule has 0 bridgehead atoms. The van der Waals surface area contributed by atoms with Crippen LogP contribution in [0.25, 0.3) is 5.69 Å². The summed E-state index contributed by atoms with van der Waals surface area (Å²) in [5.74, 6) is 1.07. The number of hydrogen-bond donors (Lipinski definition) is 0. The number of tetrazole rings is 1. The zero-order chi connectivity index (χ0) is 17.2. The molecule has 1 atom stereocenters. The van der Waals surface area contributed by atoms with Gasteiger partial charge in [-0.25, -0.2) is 4.39 Å². The Balaban J connectivity index is 1.65. The topological polar surface area (TPSA) is 56.1 Å². The molecule has 128 valence electrons. The molecule has 0 fully saturated rings. The molecule has 3 aromatic rings. The summed E-state index contributed by atoms with van der Waals surface area (Å²) >= 11 is 0. The van der Waals surface area contributed by atoms with Gasteiger partial charge in [0.15, 0.2) is 5.82 Å². The highest BCUT2D eigenvalue weighted by atomic mass is 19.1. The number of halogens is 1. The van der Waals surface area contributed by atoms with Crippen LogP contribution in [0.5, 0.6) is 5.75 Å². The van der Waals surface area contributed by atoms with Crippen molar-refractivity contribution in [1.82, 2.24) is 25.1 Å². The number of hydrogen-bond acceptors (Lipinski definition) is 5. The lowest BCUT2D eigenvalue weighted by atomic mass is 10.1. The lowest BCUT2D eigenvalue weighted by molar-refractivity contribution is 0.171. The minimum absolute atomic E-state index is 0.0932. The van der Waals surface area contributed by atoms with E-state index in [0.29, 0.717) is 36.8 Å². The van der Waals surface area contributed by atoms with Crippen molar-refractivity contribution in [1.29, 1.82) is 0 Å². The van der Waals surface area contributed by atoms with Crippen molar-refractivity contribution in [2.24, 2.45) is 0 Å². The van der Waals surface area contributed by atoms with Gasteiger partial charge in [0.25, 0.3) is 0 Å². The molecular weight excluding hydrogens is 321 g/mol. The van der Waals surface area contributed by atoms with Gasteiger partial charge >= 0.3 is 0 Å². The van der Waals surface area contributed by atoms with Gasteiger partial charge in [-0.3, -0.25) is 4.90 Å². The van der Waals surface area contributed by atoms with Crippen LogP contribution in [0, 0.1) is 5.82 Å². The van der Waals surface area contributed by atoms with Crippen molar-refractivity contribution >= 4 is 0 Å². The number of aromatic nitrogens is 4. The zero-order valence-electron chi connectivity index (χ0n) is 13.8. The van der Waals surface area contributed by atoms with Crippen molar-refractivity contribution in [2.45, 2.75) is 19.5 Å². The highest BCUT2D eigenvalue weighted by Gasteiger charge is 2.26. The van der Waals surface area contributed by atoms with E-state index >= 15 is 0 Å². The predicted molar refractivity (Wildman–Crippen MR) is 89.9 cm³/mol. The summed E-state index contributed by atoms with van der Waals surface area (Å²) in [5, 5.41) is 12.1. The summed E-state index contributed by atoms with van der Waals surface area (Å²) in [5.41, 5.74) is 1.47. The first-order chi connectivity index (χ1) is 12.2. The van der Waals surface area contributed by atoms with Gasteiger partial charge in [0, 0.05) is 18.7 Å². The summed E-state index contributed by atoms with van der Waals surface area (Å²) in [6.07, 6.45) is 0. The molecule has 0 saturated carbocycles. The summed E-state index contributed by atoms with van der Waals surface area (Å²) in [7, 11) is 0. The van der Waals surface area contributed by atoms with Crippen LogP contribution in [-0.2, 0) is 6.54 Å². The van der Waals surface area contributed by atoms with Gasteiger partial charge in [-0.05, 0) is 41.6 Å². The largest absolute Gasteiger partial charge is 0.492 e. The van der Waals surface area contributed by atoms with Crippen molar-refractivity contribution in [2.75, 3.05) is 13.2 Å². The van der Waals surface area contributed by atoms with Gasteiger partial charge < -0.3 is 4.74 Å². The van der Waals surface area contributed by atoms with Gasteiger partial charge in [-0.15, -0.1) is 5.10 Å². The number of nitrogens with zero attached hydrogens (tertiary/aromatic N) is 5. The second-order valence-electron chi connectivity index (χ2n) is 6.00. The molecule has 0 aliphatic carbocycles. The molecule has 1 aliphatic heterocycles. The molecule has 0 radical (unpaired) electrons. The van der Waals surface area contributed by atoms with Crippen LogP contribution in [-0.4, -0.2) is 38.3 Å². The first kappa shape index (κ1) is 15.7. The van der Waals surface area contributed by atoms with E-state index in [4.69, 9.17) is 4.74 Å². The molecule has 6 nitrogen and oxygen atoms in total. The molecule has 7 heteroatoms. The Bertz CT molecular complexity index is 867. The Kier molecular flexibility index (Phi) is 4.15. The Labute approximate surface area is 144 Å². The molecule has 0 amide bonds. The van der Waals surface area contributed by atoms with E-state index in [0.717, 1.165) is 5.69 Å². The number of fused-ring (bicyclic) bond motifs is 1. The molecule has 1 aromatic heterocycles. The van der Waals surface area contributed by atoms with E-state index in [1.807, 2.05) is 37.3 Å². The van der Waals surface area contributed by atoms with Crippen LogP contribution in [0.15, 0.2) is 48.5 Å². The number of ether oxygens (including phenoxy) is 1. The summed E-state index contributed by atoms with van der Waals surface area (Å²) in [4.78, 5) is 2.13. The maximum absolute atomic E-state index is 14.2. The first-order valence-electron chi connectivity index (χ1n) is 8.22. The number of rotatable bonds is 3. The molecular formula is C18H18FN5O. The summed E-state index contributed by atoms with van der Waals surface area (Å²) in [6.45, 7) is 3.63. The van der Waals surface area contributed by atoms with Crippen molar-refractivity contribution in [3.05, 3.63) is 65.7 Å². The third kappa shape index (κ3) is 2.98. The highest BCUT2D eigenvalue weighted by Crippen LogP contribution is 2.29. The SMILES string of the molecule is CC(c1nnnn1-c1ccccc1)N1CCOc2cccc(F)c2C1. The van der Waals surface area contributed by atoms with E-state index in [1.54, 1.807) is 16.8 Å². The molecule has 4 rings (SSSR count). The highest BCUT2D eigenvalue weighted by molar-refractivity contribution is 5.35. The second kappa shape index (κ2) is 6.60. The Morgan fingerprint density at radius 2 is 1.96 bits per heavy atom. The van der Waals surface area contributed by atoms with Gasteiger partial charge in [0.1, 0.15) is 18.2 Å². The lowest BCUT2D eigenvalue weighted by Crippen LogP contribution is -2.30. The maximum Gasteiger partial charge on any atom is 0.173 e. The monoisotopic (exact) mass is 339 g/mol. The lowest BCUT2D eigenvalue weighted by Gasteiger charge is -2.26. The van der Waals surface area contributed by atoms with Crippen molar-refractivity contribution < 1.29 is 9.13 Å². The molecule has 25 heavy (non-hydrogen) atoms. The zero-order valence-corrected chi connectivity index (χ0v) is 13.8. The van der Waals surface area contributed by atoms with Crippen LogP contribution < -0.4 is 4.74 Å². The minimum Gasteiger partial charge on any atom is -0.492 e.